The molecule has 6 heteroatoms. The van der Waals surface area contributed by atoms with Crippen LogP contribution in [0.5, 0.6) is 0 Å². The molecule has 0 aliphatic carbocycles. The second-order valence-electron chi connectivity index (χ2n) is 3.52. The lowest BCUT2D eigenvalue weighted by molar-refractivity contribution is 0.0956. The first-order chi connectivity index (χ1) is 8.17. The number of carbonyl (C=O) groups excluding carboxylic acids is 1. The van der Waals surface area contributed by atoms with E-state index >= 15 is 0 Å². The van der Waals surface area contributed by atoms with Crippen LogP contribution in [0, 0.1) is 0 Å². The number of carbonyl (C=O) groups is 1. The minimum atomic E-state index is -0.0540. The fourth-order valence-electron chi connectivity index (χ4n) is 1.31. The first-order valence-corrected chi connectivity index (χ1v) is 5.50. The van der Waals surface area contributed by atoms with Crippen LogP contribution < -0.4 is 16.4 Å². The molecule has 1 amide bonds. The second-order valence-corrected chi connectivity index (χ2v) is 3.52. The van der Waals surface area contributed by atoms with Crippen LogP contribution in [0.4, 0.5) is 0 Å². The molecule has 0 aliphatic heterocycles. The molecule has 0 saturated carbocycles. The first-order valence-electron chi connectivity index (χ1n) is 5.50. The van der Waals surface area contributed by atoms with Crippen LogP contribution in [0.2, 0.25) is 0 Å². The Morgan fingerprint density at radius 3 is 2.39 bits per heavy atom. The molecule has 1 rings (SSSR count). The number of rotatable bonds is 4. The molecule has 5 nitrogen and oxygen atoms in total. The van der Waals surface area contributed by atoms with Gasteiger partial charge in [0.2, 0.25) is 0 Å². The van der Waals surface area contributed by atoms with Crippen molar-refractivity contribution < 1.29 is 4.79 Å². The van der Waals surface area contributed by atoms with Crippen molar-refractivity contribution in [3.05, 3.63) is 35.4 Å². The summed E-state index contributed by atoms with van der Waals surface area (Å²) in [6.45, 7) is 3.12. The zero-order valence-corrected chi connectivity index (χ0v) is 12.9. The quantitative estimate of drug-likeness (QED) is 0.426. The number of hydrogen-bond donors (Lipinski definition) is 3. The molecule has 0 saturated heterocycles. The number of nitrogens with one attached hydrogen (secondary N) is 2. The average molecular weight is 362 g/mol. The number of nitrogens with two attached hydrogens (primary N) is 1. The Kier molecular flexibility index (Phi) is 8.10. The second kappa shape index (κ2) is 8.73. The molecule has 0 bridgehead atoms. The van der Waals surface area contributed by atoms with Crippen molar-refractivity contribution >= 4 is 35.8 Å². The highest BCUT2D eigenvalue weighted by Gasteiger charge is 2.03. The lowest BCUT2D eigenvalue weighted by atomic mass is 10.1. The molecule has 100 valence electrons. The van der Waals surface area contributed by atoms with E-state index in [0.717, 1.165) is 5.56 Å². The van der Waals surface area contributed by atoms with Gasteiger partial charge in [-0.2, -0.15) is 0 Å². The molecule has 18 heavy (non-hydrogen) atoms. The van der Waals surface area contributed by atoms with Gasteiger partial charge in [0.15, 0.2) is 5.96 Å². The average Bonchev–Trinajstić information content (AvgIpc) is 2.36. The maximum Gasteiger partial charge on any atom is 0.251 e. The van der Waals surface area contributed by atoms with Gasteiger partial charge in [0.05, 0.1) is 0 Å². The Morgan fingerprint density at radius 2 is 1.89 bits per heavy atom. The number of benzene rings is 1. The van der Waals surface area contributed by atoms with E-state index in [9.17, 15) is 4.79 Å². The summed E-state index contributed by atoms with van der Waals surface area (Å²) < 4.78 is 0. The number of nitrogens with zero attached hydrogens (tertiary/aromatic N) is 1. The summed E-state index contributed by atoms with van der Waals surface area (Å²) >= 11 is 0. The predicted octanol–water partition coefficient (Wildman–Crippen LogP) is 1.09. The summed E-state index contributed by atoms with van der Waals surface area (Å²) in [5, 5.41) is 5.70. The zero-order chi connectivity index (χ0) is 12.7. The molecule has 0 heterocycles. The van der Waals surface area contributed by atoms with Gasteiger partial charge < -0.3 is 16.4 Å². The molecule has 4 N–H and O–H groups in total. The Balaban J connectivity index is 0.00000289. The highest BCUT2D eigenvalue weighted by atomic mass is 127. The van der Waals surface area contributed by atoms with Crippen LogP contribution in [-0.2, 0) is 6.54 Å². The van der Waals surface area contributed by atoms with Crippen molar-refractivity contribution in [1.82, 2.24) is 10.6 Å². The first kappa shape index (κ1) is 16.7. The molecule has 0 aromatic heterocycles. The molecule has 0 radical (unpaired) electrons. The number of halogens is 1. The Labute approximate surface area is 124 Å². The third kappa shape index (κ3) is 5.35. The predicted molar refractivity (Wildman–Crippen MR) is 84.3 cm³/mol. The van der Waals surface area contributed by atoms with Crippen molar-refractivity contribution in [2.45, 2.75) is 13.5 Å². The van der Waals surface area contributed by atoms with E-state index in [1.54, 1.807) is 19.2 Å². The van der Waals surface area contributed by atoms with E-state index in [1.807, 2.05) is 19.1 Å². The number of hydrogen-bond acceptors (Lipinski definition) is 2. The topological polar surface area (TPSA) is 79.5 Å². The van der Waals surface area contributed by atoms with Crippen LogP contribution in [-0.4, -0.2) is 25.5 Å². The monoisotopic (exact) mass is 362 g/mol. The van der Waals surface area contributed by atoms with Gasteiger partial charge in [-0.15, -0.1) is 24.0 Å². The smallest absolute Gasteiger partial charge is 0.251 e. The van der Waals surface area contributed by atoms with Gasteiger partial charge in [0.1, 0.15) is 0 Å². The summed E-state index contributed by atoms with van der Waals surface area (Å²) in [6.07, 6.45) is 0. The van der Waals surface area contributed by atoms with Crippen molar-refractivity contribution in [3.63, 3.8) is 0 Å². The van der Waals surface area contributed by atoms with E-state index in [1.165, 1.54) is 0 Å². The molecule has 0 atom stereocenters. The van der Waals surface area contributed by atoms with Crippen LogP contribution >= 0.6 is 24.0 Å². The van der Waals surface area contributed by atoms with Gasteiger partial charge in [-0.3, -0.25) is 9.79 Å². The lowest BCUT2D eigenvalue weighted by Gasteiger charge is -2.06. The molecule has 0 spiro atoms. The zero-order valence-electron chi connectivity index (χ0n) is 10.6. The number of amides is 1. The summed E-state index contributed by atoms with van der Waals surface area (Å²) in [5.41, 5.74) is 7.22. The van der Waals surface area contributed by atoms with E-state index < -0.39 is 0 Å². The van der Waals surface area contributed by atoms with Crippen LogP contribution in [0.3, 0.4) is 0 Å². The van der Waals surface area contributed by atoms with E-state index in [0.29, 0.717) is 24.6 Å². The van der Waals surface area contributed by atoms with Crippen molar-refractivity contribution in [1.29, 1.82) is 0 Å². The van der Waals surface area contributed by atoms with Crippen LogP contribution in [0.1, 0.15) is 22.8 Å². The van der Waals surface area contributed by atoms with Gasteiger partial charge >= 0.3 is 0 Å². The van der Waals surface area contributed by atoms with Crippen LogP contribution in [0.15, 0.2) is 29.3 Å². The molecular formula is C12H19IN4O. The molecule has 0 unspecified atom stereocenters. The van der Waals surface area contributed by atoms with E-state index in [4.69, 9.17) is 5.73 Å². The highest BCUT2D eigenvalue weighted by molar-refractivity contribution is 14.0. The van der Waals surface area contributed by atoms with Crippen molar-refractivity contribution in [2.24, 2.45) is 10.7 Å². The van der Waals surface area contributed by atoms with Crippen molar-refractivity contribution in [2.75, 3.05) is 13.6 Å². The third-order valence-corrected chi connectivity index (χ3v) is 2.27. The van der Waals surface area contributed by atoms with E-state index in [-0.39, 0.29) is 29.9 Å². The van der Waals surface area contributed by atoms with E-state index in [2.05, 4.69) is 15.6 Å². The Hall–Kier alpha value is -1.31. The van der Waals surface area contributed by atoms with Crippen molar-refractivity contribution in [3.8, 4) is 0 Å². The normalized spacial score (nSPS) is 10.4. The Bertz CT molecular complexity index is 403. The molecule has 0 aliphatic rings. The Morgan fingerprint density at radius 1 is 1.28 bits per heavy atom. The maximum absolute atomic E-state index is 11.5. The standard InChI is InChI=1S/C12H18N4O.HI/c1-3-15-11(17)10-6-4-9(5-7-10)8-16-12(13)14-2;/h4-7H,3,8H2,1-2H3,(H,15,17)(H3,13,14,16);1H. The fourth-order valence-corrected chi connectivity index (χ4v) is 1.31. The van der Waals surface area contributed by atoms with Gasteiger partial charge in [-0.05, 0) is 24.6 Å². The van der Waals surface area contributed by atoms with Gasteiger partial charge in [0, 0.05) is 25.7 Å². The SMILES string of the molecule is CCNC(=O)c1ccc(CNC(N)=NC)cc1.I. The third-order valence-electron chi connectivity index (χ3n) is 2.27. The summed E-state index contributed by atoms with van der Waals surface area (Å²) in [7, 11) is 1.63. The fraction of sp³-hybridized carbons (Fsp3) is 0.333. The number of aliphatic imine (C=N–C) groups is 1. The molecular weight excluding hydrogens is 343 g/mol. The summed E-state index contributed by atoms with van der Waals surface area (Å²) in [4.78, 5) is 15.3. The molecule has 1 aromatic carbocycles. The summed E-state index contributed by atoms with van der Waals surface area (Å²) in [6, 6.07) is 7.36. The lowest BCUT2D eigenvalue weighted by Crippen LogP contribution is -2.30. The highest BCUT2D eigenvalue weighted by Crippen LogP contribution is 2.04. The van der Waals surface area contributed by atoms with Crippen LogP contribution in [0.25, 0.3) is 0 Å². The largest absolute Gasteiger partial charge is 0.370 e. The summed E-state index contributed by atoms with van der Waals surface area (Å²) in [5.74, 6) is 0.347. The van der Waals surface area contributed by atoms with Gasteiger partial charge in [0.25, 0.3) is 5.91 Å². The molecule has 1 aromatic rings. The minimum Gasteiger partial charge on any atom is -0.370 e. The maximum atomic E-state index is 11.5. The van der Waals surface area contributed by atoms with Gasteiger partial charge in [-0.25, -0.2) is 0 Å². The minimum absolute atomic E-state index is 0. The molecule has 0 fully saturated rings. The van der Waals surface area contributed by atoms with Gasteiger partial charge in [-0.1, -0.05) is 12.1 Å². The number of guanidine groups is 1.